The van der Waals surface area contributed by atoms with Crippen LogP contribution in [0.5, 0.6) is 5.75 Å². The maximum atomic E-state index is 10.1. The van der Waals surface area contributed by atoms with Gasteiger partial charge >= 0.3 is 0 Å². The normalized spacial score (nSPS) is 19.8. The summed E-state index contributed by atoms with van der Waals surface area (Å²) in [6.45, 7) is 8.92. The molecule has 100 valence electrons. The van der Waals surface area contributed by atoms with Gasteiger partial charge in [0.2, 0.25) is 0 Å². The molecule has 0 aliphatic carbocycles. The van der Waals surface area contributed by atoms with Crippen molar-refractivity contribution in [2.75, 3.05) is 6.54 Å². The molecule has 2 unspecified atom stereocenters. The van der Waals surface area contributed by atoms with Gasteiger partial charge in [0.1, 0.15) is 18.0 Å². The molecule has 18 heavy (non-hydrogen) atoms. The highest BCUT2D eigenvalue weighted by molar-refractivity contribution is 5.44. The first kappa shape index (κ1) is 13.4. The van der Waals surface area contributed by atoms with Gasteiger partial charge in [0.25, 0.3) is 0 Å². The van der Waals surface area contributed by atoms with Gasteiger partial charge in [0.15, 0.2) is 0 Å². The van der Waals surface area contributed by atoms with E-state index >= 15 is 0 Å². The zero-order valence-electron chi connectivity index (χ0n) is 11.7. The molecule has 0 amide bonds. The average molecular weight is 249 g/mol. The highest BCUT2D eigenvalue weighted by atomic mass is 16.5. The summed E-state index contributed by atoms with van der Waals surface area (Å²) in [6, 6.07) is 4.63. The van der Waals surface area contributed by atoms with Gasteiger partial charge in [-0.15, -0.1) is 0 Å². The lowest BCUT2D eigenvalue weighted by Gasteiger charge is -2.19. The van der Waals surface area contributed by atoms with E-state index in [9.17, 15) is 5.11 Å². The van der Waals surface area contributed by atoms with E-state index in [2.05, 4.69) is 45.1 Å². The van der Waals surface area contributed by atoms with Crippen LogP contribution in [0.1, 0.15) is 30.5 Å². The molecule has 1 aromatic carbocycles. The topological polar surface area (TPSA) is 41.5 Å². The predicted octanol–water partition coefficient (Wildman–Crippen LogP) is 1.97. The fraction of sp³-hybridized carbons (Fsp3) is 0.600. The molecule has 0 saturated carbocycles. The predicted molar refractivity (Wildman–Crippen MR) is 73.2 cm³/mol. The van der Waals surface area contributed by atoms with Crippen molar-refractivity contribution in [1.29, 1.82) is 0 Å². The van der Waals surface area contributed by atoms with Crippen molar-refractivity contribution in [1.82, 2.24) is 5.32 Å². The largest absolute Gasteiger partial charge is 0.487 e. The van der Waals surface area contributed by atoms with Crippen molar-refractivity contribution in [3.8, 4) is 5.75 Å². The van der Waals surface area contributed by atoms with Crippen molar-refractivity contribution in [3.63, 3.8) is 0 Å². The maximum absolute atomic E-state index is 10.1. The first-order valence-electron chi connectivity index (χ1n) is 6.65. The summed E-state index contributed by atoms with van der Waals surface area (Å²) < 4.78 is 5.85. The molecule has 1 heterocycles. The van der Waals surface area contributed by atoms with Gasteiger partial charge in [-0.3, -0.25) is 0 Å². The van der Waals surface area contributed by atoms with E-state index in [1.54, 1.807) is 0 Å². The number of ether oxygens (including phenoxy) is 1. The fourth-order valence-electron chi connectivity index (χ4n) is 2.24. The van der Waals surface area contributed by atoms with Gasteiger partial charge in [-0.2, -0.15) is 0 Å². The second kappa shape index (κ2) is 5.29. The van der Waals surface area contributed by atoms with Crippen LogP contribution in [-0.4, -0.2) is 29.9 Å². The monoisotopic (exact) mass is 249 g/mol. The third-order valence-corrected chi connectivity index (χ3v) is 3.54. The lowest BCUT2D eigenvalue weighted by atomic mass is 10.0. The molecular formula is C15H23NO2. The van der Waals surface area contributed by atoms with Gasteiger partial charge in [0.05, 0.1) is 0 Å². The van der Waals surface area contributed by atoms with Gasteiger partial charge < -0.3 is 15.2 Å². The van der Waals surface area contributed by atoms with Gasteiger partial charge in [-0.05, 0) is 36.6 Å². The van der Waals surface area contributed by atoms with Gasteiger partial charge in [-0.25, -0.2) is 0 Å². The van der Waals surface area contributed by atoms with Crippen molar-refractivity contribution < 1.29 is 9.84 Å². The Kier molecular flexibility index (Phi) is 3.93. The molecule has 1 aliphatic rings. The zero-order valence-corrected chi connectivity index (χ0v) is 11.7. The second-order valence-corrected chi connectivity index (χ2v) is 5.53. The molecule has 0 saturated heterocycles. The first-order chi connectivity index (χ1) is 8.47. The van der Waals surface area contributed by atoms with Crippen LogP contribution in [0.15, 0.2) is 12.1 Å². The average Bonchev–Trinajstić information content (AvgIpc) is 2.69. The Morgan fingerprint density at radius 2 is 2.00 bits per heavy atom. The highest BCUT2D eigenvalue weighted by Gasteiger charge is 2.29. The van der Waals surface area contributed by atoms with E-state index in [1.807, 2.05) is 0 Å². The molecule has 2 atom stereocenters. The Hall–Kier alpha value is -1.06. The van der Waals surface area contributed by atoms with Crippen LogP contribution in [0.2, 0.25) is 0 Å². The number of aryl methyl sites for hydroxylation is 2. The Balaban J connectivity index is 2.01. The van der Waals surface area contributed by atoms with Crippen LogP contribution in [-0.2, 0) is 6.42 Å². The summed E-state index contributed by atoms with van der Waals surface area (Å²) in [6.07, 6.45) is 0.227. The second-order valence-electron chi connectivity index (χ2n) is 5.53. The molecule has 3 heteroatoms. The van der Waals surface area contributed by atoms with Crippen LogP contribution in [0.4, 0.5) is 0 Å². The van der Waals surface area contributed by atoms with Crippen molar-refractivity contribution in [2.45, 2.75) is 52.4 Å². The number of aliphatic hydroxyl groups is 1. The van der Waals surface area contributed by atoms with E-state index in [1.165, 1.54) is 16.7 Å². The van der Waals surface area contributed by atoms with Crippen molar-refractivity contribution >= 4 is 0 Å². The number of nitrogens with one attached hydrogen (secondary N) is 1. The standard InChI is InChI=1S/C15H23NO2/c1-9(2)16-8-13(17)15-7-12-5-10(3)11(4)6-14(12)18-15/h5-6,9,13,15-17H,7-8H2,1-4H3. The molecule has 1 aliphatic heterocycles. The quantitative estimate of drug-likeness (QED) is 0.857. The van der Waals surface area contributed by atoms with Crippen LogP contribution in [0.25, 0.3) is 0 Å². The third kappa shape index (κ3) is 2.85. The molecule has 0 aromatic heterocycles. The third-order valence-electron chi connectivity index (χ3n) is 3.54. The zero-order chi connectivity index (χ0) is 13.3. The number of hydrogen-bond donors (Lipinski definition) is 2. The number of benzene rings is 1. The maximum Gasteiger partial charge on any atom is 0.130 e. The summed E-state index contributed by atoms with van der Waals surface area (Å²) in [5.74, 6) is 0.937. The minimum atomic E-state index is -0.458. The van der Waals surface area contributed by atoms with Crippen LogP contribution >= 0.6 is 0 Å². The summed E-state index contributed by atoms with van der Waals surface area (Å²) in [4.78, 5) is 0. The highest BCUT2D eigenvalue weighted by Crippen LogP contribution is 2.32. The van der Waals surface area contributed by atoms with E-state index in [4.69, 9.17) is 4.74 Å². The lowest BCUT2D eigenvalue weighted by Crippen LogP contribution is -2.41. The minimum Gasteiger partial charge on any atom is -0.487 e. The van der Waals surface area contributed by atoms with E-state index in [0.717, 1.165) is 12.2 Å². The molecule has 2 N–H and O–H groups in total. The Morgan fingerprint density at radius 1 is 1.33 bits per heavy atom. The Bertz CT molecular complexity index is 398. The minimum absolute atomic E-state index is 0.118. The number of aliphatic hydroxyl groups excluding tert-OH is 1. The summed E-state index contributed by atoms with van der Waals surface area (Å²) in [5.41, 5.74) is 3.74. The first-order valence-corrected chi connectivity index (χ1v) is 6.65. The van der Waals surface area contributed by atoms with Crippen molar-refractivity contribution in [2.24, 2.45) is 0 Å². The fourth-order valence-corrected chi connectivity index (χ4v) is 2.24. The number of rotatable bonds is 4. The Morgan fingerprint density at radius 3 is 2.67 bits per heavy atom. The molecule has 1 aromatic rings. The summed E-state index contributed by atoms with van der Waals surface area (Å²) >= 11 is 0. The van der Waals surface area contributed by atoms with Crippen LogP contribution in [0, 0.1) is 13.8 Å². The molecule has 0 bridgehead atoms. The molecule has 0 radical (unpaired) electrons. The van der Waals surface area contributed by atoms with Crippen LogP contribution in [0.3, 0.4) is 0 Å². The summed E-state index contributed by atoms with van der Waals surface area (Å²) in [5, 5.41) is 13.4. The van der Waals surface area contributed by atoms with E-state index < -0.39 is 6.10 Å². The smallest absolute Gasteiger partial charge is 0.130 e. The molecule has 3 nitrogen and oxygen atoms in total. The van der Waals surface area contributed by atoms with Crippen LogP contribution < -0.4 is 10.1 Å². The van der Waals surface area contributed by atoms with E-state index in [-0.39, 0.29) is 6.10 Å². The lowest BCUT2D eigenvalue weighted by molar-refractivity contribution is 0.0488. The molecule has 0 spiro atoms. The number of hydrogen-bond acceptors (Lipinski definition) is 3. The van der Waals surface area contributed by atoms with Crippen molar-refractivity contribution in [3.05, 3.63) is 28.8 Å². The Labute approximate surface area is 109 Å². The molecular weight excluding hydrogens is 226 g/mol. The number of fused-ring (bicyclic) bond motifs is 1. The SMILES string of the molecule is Cc1cc2c(cc1C)OC(C(O)CNC(C)C)C2. The molecule has 2 rings (SSSR count). The molecule has 0 fully saturated rings. The van der Waals surface area contributed by atoms with Gasteiger partial charge in [0, 0.05) is 19.0 Å². The summed E-state index contributed by atoms with van der Waals surface area (Å²) in [7, 11) is 0. The van der Waals surface area contributed by atoms with Gasteiger partial charge in [-0.1, -0.05) is 19.9 Å². The van der Waals surface area contributed by atoms with E-state index in [0.29, 0.717) is 12.6 Å².